The van der Waals surface area contributed by atoms with Gasteiger partial charge in [-0.25, -0.2) is 12.8 Å². The van der Waals surface area contributed by atoms with E-state index in [0.29, 0.717) is 18.4 Å². The van der Waals surface area contributed by atoms with Crippen LogP contribution in [0.15, 0.2) is 53.4 Å². The van der Waals surface area contributed by atoms with E-state index in [-0.39, 0.29) is 42.2 Å². The molecule has 1 amide bonds. The number of amides is 1. The van der Waals surface area contributed by atoms with Crippen LogP contribution in [0.4, 0.5) is 10.1 Å². The molecular weight excluding hydrogens is 393 g/mol. The van der Waals surface area contributed by atoms with Gasteiger partial charge >= 0.3 is 0 Å². The maximum atomic E-state index is 13.7. The lowest BCUT2D eigenvalue weighted by Gasteiger charge is -2.30. The molecule has 0 spiro atoms. The van der Waals surface area contributed by atoms with Crippen molar-refractivity contribution in [2.75, 3.05) is 32.1 Å². The summed E-state index contributed by atoms with van der Waals surface area (Å²) >= 11 is 0. The van der Waals surface area contributed by atoms with Crippen molar-refractivity contribution in [1.82, 2.24) is 9.62 Å². The smallest absolute Gasteiger partial charge is 0.243 e. The average Bonchev–Trinajstić information content (AvgIpc) is 2.73. The molecule has 2 aromatic rings. The summed E-state index contributed by atoms with van der Waals surface area (Å²) in [7, 11) is 0.208. The highest BCUT2D eigenvalue weighted by atomic mass is 32.2. The van der Waals surface area contributed by atoms with Gasteiger partial charge in [0, 0.05) is 50.9 Å². The molecule has 1 N–H and O–H groups in total. The Morgan fingerprint density at radius 1 is 1.10 bits per heavy atom. The van der Waals surface area contributed by atoms with Gasteiger partial charge in [-0.15, -0.1) is 0 Å². The monoisotopic (exact) mass is 419 g/mol. The van der Waals surface area contributed by atoms with Crippen molar-refractivity contribution in [3.05, 3.63) is 59.9 Å². The number of hydrogen-bond donors (Lipinski definition) is 1. The first-order chi connectivity index (χ1) is 13.8. The molecule has 0 aromatic heterocycles. The van der Waals surface area contributed by atoms with Crippen molar-refractivity contribution >= 4 is 21.6 Å². The largest absolute Gasteiger partial charge is 0.378 e. The molecule has 0 aliphatic carbocycles. The number of halogens is 1. The van der Waals surface area contributed by atoms with E-state index in [9.17, 15) is 17.6 Å². The molecule has 2 aromatic carbocycles. The van der Waals surface area contributed by atoms with Gasteiger partial charge in [-0.05, 0) is 43.2 Å². The van der Waals surface area contributed by atoms with Crippen molar-refractivity contribution in [2.24, 2.45) is 5.92 Å². The van der Waals surface area contributed by atoms with Gasteiger partial charge in [0.25, 0.3) is 0 Å². The zero-order valence-corrected chi connectivity index (χ0v) is 17.5. The van der Waals surface area contributed by atoms with E-state index in [1.165, 1.54) is 10.4 Å². The molecule has 3 rings (SSSR count). The molecule has 29 heavy (non-hydrogen) atoms. The third kappa shape index (κ3) is 4.94. The van der Waals surface area contributed by atoms with Crippen LogP contribution < -0.4 is 10.2 Å². The predicted octanol–water partition coefficient (Wildman–Crippen LogP) is 2.61. The minimum atomic E-state index is -3.58. The number of hydrogen-bond acceptors (Lipinski definition) is 4. The Kier molecular flexibility index (Phi) is 6.54. The highest BCUT2D eigenvalue weighted by Gasteiger charge is 2.32. The third-order valence-corrected chi connectivity index (χ3v) is 7.14. The number of sulfonamides is 1. The zero-order chi connectivity index (χ0) is 21.0. The number of nitrogens with zero attached hydrogens (tertiary/aromatic N) is 2. The van der Waals surface area contributed by atoms with Crippen molar-refractivity contribution in [1.29, 1.82) is 0 Å². The van der Waals surface area contributed by atoms with Gasteiger partial charge in [-0.3, -0.25) is 4.79 Å². The molecule has 1 aliphatic rings. The number of nitrogens with one attached hydrogen (secondary N) is 1. The van der Waals surface area contributed by atoms with Crippen molar-refractivity contribution in [3.63, 3.8) is 0 Å². The minimum absolute atomic E-state index is 0.127. The second-order valence-electron chi connectivity index (χ2n) is 7.38. The molecule has 1 saturated heterocycles. The number of rotatable bonds is 6. The fourth-order valence-electron chi connectivity index (χ4n) is 3.39. The second-order valence-corrected chi connectivity index (χ2v) is 9.31. The van der Waals surface area contributed by atoms with Gasteiger partial charge < -0.3 is 10.2 Å². The maximum Gasteiger partial charge on any atom is 0.243 e. The number of carbonyl (C=O) groups is 1. The van der Waals surface area contributed by atoms with Crippen LogP contribution >= 0.6 is 0 Å². The van der Waals surface area contributed by atoms with E-state index >= 15 is 0 Å². The van der Waals surface area contributed by atoms with Crippen LogP contribution in [0.3, 0.4) is 0 Å². The zero-order valence-electron chi connectivity index (χ0n) is 16.6. The van der Waals surface area contributed by atoms with E-state index in [1.54, 1.807) is 42.5 Å². The van der Waals surface area contributed by atoms with Crippen LogP contribution in [-0.4, -0.2) is 45.8 Å². The summed E-state index contributed by atoms with van der Waals surface area (Å²) < 4.78 is 40.8. The van der Waals surface area contributed by atoms with Gasteiger partial charge in [0.15, 0.2) is 0 Å². The van der Waals surface area contributed by atoms with Crippen molar-refractivity contribution in [3.8, 4) is 0 Å². The highest BCUT2D eigenvalue weighted by molar-refractivity contribution is 7.89. The Morgan fingerprint density at radius 3 is 2.31 bits per heavy atom. The van der Waals surface area contributed by atoms with Gasteiger partial charge in [-0.2, -0.15) is 4.31 Å². The van der Waals surface area contributed by atoms with Crippen molar-refractivity contribution in [2.45, 2.75) is 24.3 Å². The van der Waals surface area contributed by atoms with E-state index in [2.05, 4.69) is 5.32 Å². The van der Waals surface area contributed by atoms with Gasteiger partial charge in [-0.1, -0.05) is 18.2 Å². The molecule has 1 heterocycles. The Morgan fingerprint density at radius 2 is 1.72 bits per heavy atom. The first-order valence-electron chi connectivity index (χ1n) is 9.57. The molecule has 0 saturated carbocycles. The molecule has 1 fully saturated rings. The van der Waals surface area contributed by atoms with Crippen LogP contribution in [0.5, 0.6) is 0 Å². The van der Waals surface area contributed by atoms with Crippen LogP contribution in [0, 0.1) is 11.7 Å². The molecular formula is C21H26FN3O3S. The fourth-order valence-corrected chi connectivity index (χ4v) is 4.86. The maximum absolute atomic E-state index is 13.7. The van der Waals surface area contributed by atoms with Gasteiger partial charge in [0.05, 0.1) is 4.90 Å². The first kappa shape index (κ1) is 21.3. The molecule has 6 nitrogen and oxygen atoms in total. The average molecular weight is 420 g/mol. The van der Waals surface area contributed by atoms with E-state index in [1.807, 2.05) is 19.0 Å². The Labute approximate surface area is 171 Å². The van der Waals surface area contributed by atoms with Crippen LogP contribution in [0.1, 0.15) is 18.4 Å². The standard InChI is InChI=1S/C21H26FN3O3S/c1-24(2)18-7-9-19(10-8-18)29(27,28)25-13-11-16(12-14-25)21(26)23-15-17-5-3-4-6-20(17)22/h3-10,16H,11-15H2,1-2H3,(H,23,26). The van der Waals surface area contributed by atoms with Gasteiger partial charge in [0.2, 0.25) is 15.9 Å². The molecule has 0 bridgehead atoms. The van der Waals surface area contributed by atoms with Gasteiger partial charge in [0.1, 0.15) is 5.82 Å². The lowest BCUT2D eigenvalue weighted by atomic mass is 9.97. The van der Waals surface area contributed by atoms with Crippen LogP contribution in [0.2, 0.25) is 0 Å². The van der Waals surface area contributed by atoms with E-state index < -0.39 is 10.0 Å². The quantitative estimate of drug-likeness (QED) is 0.782. The summed E-state index contributed by atoms with van der Waals surface area (Å²) in [5.41, 5.74) is 1.36. The lowest BCUT2D eigenvalue weighted by molar-refractivity contribution is -0.126. The second kappa shape index (κ2) is 8.92. The van der Waals surface area contributed by atoms with E-state index in [0.717, 1.165) is 5.69 Å². The minimum Gasteiger partial charge on any atom is -0.378 e. The number of piperidine rings is 1. The summed E-state index contributed by atoms with van der Waals surface area (Å²) in [5.74, 6) is -0.793. The summed E-state index contributed by atoms with van der Waals surface area (Å²) in [6.45, 7) is 0.702. The summed E-state index contributed by atoms with van der Waals surface area (Å²) in [6, 6.07) is 13.1. The summed E-state index contributed by atoms with van der Waals surface area (Å²) in [6.07, 6.45) is 0.885. The lowest BCUT2D eigenvalue weighted by Crippen LogP contribution is -2.42. The molecule has 0 unspecified atom stereocenters. The van der Waals surface area contributed by atoms with Crippen LogP contribution in [-0.2, 0) is 21.4 Å². The third-order valence-electron chi connectivity index (χ3n) is 5.23. The SMILES string of the molecule is CN(C)c1ccc(S(=O)(=O)N2CCC(C(=O)NCc3ccccc3F)CC2)cc1. The molecule has 0 radical (unpaired) electrons. The van der Waals surface area contributed by atoms with Crippen molar-refractivity contribution < 1.29 is 17.6 Å². The fraction of sp³-hybridized carbons (Fsp3) is 0.381. The number of carbonyl (C=O) groups excluding carboxylic acids is 1. The molecule has 8 heteroatoms. The highest BCUT2D eigenvalue weighted by Crippen LogP contribution is 2.25. The molecule has 1 aliphatic heterocycles. The summed E-state index contributed by atoms with van der Waals surface area (Å²) in [4.78, 5) is 14.6. The Bertz CT molecular complexity index is 953. The summed E-state index contributed by atoms with van der Waals surface area (Å²) in [5, 5.41) is 2.76. The predicted molar refractivity (Wildman–Crippen MR) is 110 cm³/mol. The molecule has 0 atom stereocenters. The first-order valence-corrected chi connectivity index (χ1v) is 11.0. The topological polar surface area (TPSA) is 69.7 Å². The Balaban J connectivity index is 1.56. The van der Waals surface area contributed by atoms with E-state index in [4.69, 9.17) is 0 Å². The molecule has 156 valence electrons. The number of benzene rings is 2. The van der Waals surface area contributed by atoms with Crippen LogP contribution in [0.25, 0.3) is 0 Å². The Hall–Kier alpha value is -2.45. The normalized spacial score (nSPS) is 15.8. The number of anilines is 1.